The molecule has 0 aliphatic heterocycles. The molecule has 0 spiro atoms. The van der Waals surface area contributed by atoms with Crippen molar-refractivity contribution >= 4 is 11.7 Å². The van der Waals surface area contributed by atoms with Crippen LogP contribution in [0.3, 0.4) is 0 Å². The molecule has 3 nitrogen and oxygen atoms in total. The maximum Gasteiger partial charge on any atom is 0.313 e. The highest BCUT2D eigenvalue weighted by Gasteiger charge is 2.29. The number of carboxylic acids is 1. The molecule has 3 heteroatoms. The Kier molecular flexibility index (Phi) is 4.69. The van der Waals surface area contributed by atoms with Crippen LogP contribution in [0.5, 0.6) is 0 Å². The van der Waals surface area contributed by atoms with Crippen molar-refractivity contribution in [2.45, 2.75) is 63.8 Å². The molecule has 1 aliphatic carbocycles. The minimum absolute atomic E-state index is 0.566. The first-order valence-electron chi connectivity index (χ1n) is 7.60. The number of carboxylic acid groups (broad SMARTS) is 1. The third kappa shape index (κ3) is 3.53. The summed E-state index contributed by atoms with van der Waals surface area (Å²) in [5.74, 6) is -0.790. The number of nitrogens with one attached hydrogen (secondary N) is 1. The van der Waals surface area contributed by atoms with Gasteiger partial charge >= 0.3 is 5.97 Å². The summed E-state index contributed by atoms with van der Waals surface area (Å²) in [6, 6.07) is 8.42. The quantitative estimate of drug-likeness (QED) is 0.810. The second kappa shape index (κ2) is 6.29. The van der Waals surface area contributed by atoms with Crippen LogP contribution < -0.4 is 5.32 Å². The molecule has 1 saturated carbocycles. The van der Waals surface area contributed by atoms with E-state index in [1.54, 1.807) is 13.8 Å². The lowest BCUT2D eigenvalue weighted by atomic mass is 9.85. The van der Waals surface area contributed by atoms with E-state index in [0.29, 0.717) is 6.04 Å². The van der Waals surface area contributed by atoms with Crippen LogP contribution in [0.2, 0.25) is 0 Å². The Morgan fingerprint density at radius 3 is 2.15 bits per heavy atom. The van der Waals surface area contributed by atoms with E-state index >= 15 is 0 Å². The van der Waals surface area contributed by atoms with E-state index in [-0.39, 0.29) is 0 Å². The maximum absolute atomic E-state index is 11.2. The van der Waals surface area contributed by atoms with Crippen molar-refractivity contribution in [3.05, 3.63) is 29.8 Å². The van der Waals surface area contributed by atoms with Crippen molar-refractivity contribution < 1.29 is 9.90 Å². The second-order valence-electron chi connectivity index (χ2n) is 6.34. The summed E-state index contributed by atoms with van der Waals surface area (Å²) < 4.78 is 0. The van der Waals surface area contributed by atoms with Gasteiger partial charge < -0.3 is 10.4 Å². The summed E-state index contributed by atoms with van der Waals surface area (Å²) in [6.45, 7) is 3.48. The van der Waals surface area contributed by atoms with Crippen molar-refractivity contribution in [2.75, 3.05) is 5.32 Å². The third-order valence-electron chi connectivity index (χ3n) is 4.37. The minimum atomic E-state index is -0.832. The monoisotopic (exact) mass is 275 g/mol. The molecule has 1 aromatic rings. The molecule has 20 heavy (non-hydrogen) atoms. The first-order valence-corrected chi connectivity index (χ1v) is 7.60. The van der Waals surface area contributed by atoms with Gasteiger partial charge in [0.1, 0.15) is 0 Å². The minimum Gasteiger partial charge on any atom is -0.481 e. The average molecular weight is 275 g/mol. The molecule has 0 saturated heterocycles. The van der Waals surface area contributed by atoms with Crippen LogP contribution in [0.15, 0.2) is 24.3 Å². The van der Waals surface area contributed by atoms with Gasteiger partial charge in [0.15, 0.2) is 0 Å². The predicted molar refractivity (Wildman–Crippen MR) is 82.2 cm³/mol. The van der Waals surface area contributed by atoms with Gasteiger partial charge in [0.05, 0.1) is 5.41 Å². The van der Waals surface area contributed by atoms with E-state index in [1.165, 1.54) is 38.5 Å². The van der Waals surface area contributed by atoms with E-state index in [4.69, 9.17) is 0 Å². The summed E-state index contributed by atoms with van der Waals surface area (Å²) in [4.78, 5) is 11.2. The fraction of sp³-hybridized carbons (Fsp3) is 0.588. The molecule has 2 rings (SSSR count). The maximum atomic E-state index is 11.2. The molecule has 0 heterocycles. The Morgan fingerprint density at radius 2 is 1.65 bits per heavy atom. The number of aliphatic carboxylic acids is 1. The van der Waals surface area contributed by atoms with Crippen LogP contribution in [-0.4, -0.2) is 17.1 Å². The Morgan fingerprint density at radius 1 is 1.10 bits per heavy atom. The zero-order valence-electron chi connectivity index (χ0n) is 12.5. The topological polar surface area (TPSA) is 49.3 Å². The van der Waals surface area contributed by atoms with Crippen LogP contribution in [-0.2, 0) is 10.2 Å². The zero-order chi connectivity index (χ0) is 14.6. The van der Waals surface area contributed by atoms with Crippen LogP contribution in [0.25, 0.3) is 0 Å². The lowest BCUT2D eigenvalue weighted by Gasteiger charge is -2.21. The van der Waals surface area contributed by atoms with Crippen molar-refractivity contribution in [3.8, 4) is 0 Å². The van der Waals surface area contributed by atoms with E-state index in [0.717, 1.165) is 11.3 Å². The van der Waals surface area contributed by atoms with Crippen LogP contribution >= 0.6 is 0 Å². The van der Waals surface area contributed by atoms with Gasteiger partial charge in [-0.15, -0.1) is 0 Å². The normalized spacial score (nSPS) is 17.5. The molecule has 0 unspecified atom stereocenters. The molecule has 1 aromatic carbocycles. The number of rotatable bonds is 4. The smallest absolute Gasteiger partial charge is 0.313 e. The van der Waals surface area contributed by atoms with E-state index in [9.17, 15) is 9.90 Å². The lowest BCUT2D eigenvalue weighted by Crippen LogP contribution is -2.28. The summed E-state index contributed by atoms with van der Waals surface area (Å²) >= 11 is 0. The first kappa shape index (κ1) is 14.9. The Balaban J connectivity index is 2.02. The van der Waals surface area contributed by atoms with Crippen molar-refractivity contribution in [3.63, 3.8) is 0 Å². The molecule has 110 valence electrons. The Hall–Kier alpha value is -1.51. The molecular weight excluding hydrogens is 250 g/mol. The van der Waals surface area contributed by atoms with E-state index < -0.39 is 11.4 Å². The molecule has 1 fully saturated rings. The van der Waals surface area contributed by atoms with Gasteiger partial charge in [-0.25, -0.2) is 0 Å². The molecule has 1 aliphatic rings. The van der Waals surface area contributed by atoms with Gasteiger partial charge in [0.2, 0.25) is 0 Å². The average Bonchev–Trinajstić information content (AvgIpc) is 2.68. The third-order valence-corrected chi connectivity index (χ3v) is 4.37. The zero-order valence-corrected chi connectivity index (χ0v) is 12.5. The Bertz CT molecular complexity index is 443. The van der Waals surface area contributed by atoms with Crippen LogP contribution in [0, 0.1) is 0 Å². The highest BCUT2D eigenvalue weighted by Crippen LogP contribution is 2.26. The number of carbonyl (C=O) groups is 1. The summed E-state index contributed by atoms with van der Waals surface area (Å²) in [5.41, 5.74) is 1.11. The van der Waals surface area contributed by atoms with E-state index in [1.807, 2.05) is 24.3 Å². The molecule has 0 aromatic heterocycles. The SMILES string of the molecule is CC(C)(C(=O)O)c1ccc(NC2CCCCCC2)cc1. The number of hydrogen-bond donors (Lipinski definition) is 2. The molecular formula is C17H25NO2. The largest absolute Gasteiger partial charge is 0.481 e. The highest BCUT2D eigenvalue weighted by molar-refractivity contribution is 5.80. The molecule has 0 radical (unpaired) electrons. The predicted octanol–water partition coefficient (Wildman–Crippen LogP) is 4.18. The van der Waals surface area contributed by atoms with Crippen molar-refractivity contribution in [1.29, 1.82) is 0 Å². The summed E-state index contributed by atoms with van der Waals surface area (Å²) in [6.07, 6.45) is 7.79. The molecule has 0 atom stereocenters. The summed E-state index contributed by atoms with van der Waals surface area (Å²) in [5, 5.41) is 12.8. The van der Waals surface area contributed by atoms with Gasteiger partial charge in [-0.1, -0.05) is 37.8 Å². The number of benzene rings is 1. The first-order chi connectivity index (χ1) is 9.50. The van der Waals surface area contributed by atoms with Gasteiger partial charge in [0.25, 0.3) is 0 Å². The van der Waals surface area contributed by atoms with Crippen LogP contribution in [0.4, 0.5) is 5.69 Å². The number of hydrogen-bond acceptors (Lipinski definition) is 2. The fourth-order valence-electron chi connectivity index (χ4n) is 2.77. The second-order valence-corrected chi connectivity index (χ2v) is 6.34. The molecule has 0 amide bonds. The van der Waals surface area contributed by atoms with Crippen molar-refractivity contribution in [2.24, 2.45) is 0 Å². The van der Waals surface area contributed by atoms with E-state index in [2.05, 4.69) is 5.32 Å². The highest BCUT2D eigenvalue weighted by atomic mass is 16.4. The fourth-order valence-corrected chi connectivity index (χ4v) is 2.77. The van der Waals surface area contributed by atoms with Gasteiger partial charge in [-0.3, -0.25) is 4.79 Å². The summed E-state index contributed by atoms with van der Waals surface area (Å²) in [7, 11) is 0. The van der Waals surface area contributed by atoms with Crippen molar-refractivity contribution in [1.82, 2.24) is 0 Å². The Labute approximate surface area is 121 Å². The lowest BCUT2D eigenvalue weighted by molar-refractivity contribution is -0.142. The van der Waals surface area contributed by atoms with Gasteiger partial charge in [0, 0.05) is 11.7 Å². The standard InChI is InChI=1S/C17H25NO2/c1-17(2,16(19)20)13-9-11-15(12-10-13)18-14-7-5-3-4-6-8-14/h9-12,14,18H,3-8H2,1-2H3,(H,19,20). The van der Waals surface area contributed by atoms with Gasteiger partial charge in [-0.2, -0.15) is 0 Å². The van der Waals surface area contributed by atoms with Gasteiger partial charge in [-0.05, 0) is 44.4 Å². The van der Waals surface area contributed by atoms with Crippen LogP contribution in [0.1, 0.15) is 57.9 Å². The number of anilines is 1. The molecule has 2 N–H and O–H groups in total. The molecule has 0 bridgehead atoms.